The average molecular weight is 429 g/mol. The van der Waals surface area contributed by atoms with Crippen molar-refractivity contribution < 1.29 is 9.13 Å². The lowest BCUT2D eigenvalue weighted by atomic mass is 9.81. The van der Waals surface area contributed by atoms with Gasteiger partial charge in [0, 0.05) is 24.1 Å². The van der Waals surface area contributed by atoms with Gasteiger partial charge in [-0.05, 0) is 97.7 Å². The van der Waals surface area contributed by atoms with Gasteiger partial charge in [0.25, 0.3) is 0 Å². The van der Waals surface area contributed by atoms with Gasteiger partial charge in [-0.25, -0.2) is 4.39 Å². The van der Waals surface area contributed by atoms with Crippen molar-refractivity contribution in [3.63, 3.8) is 0 Å². The Morgan fingerprint density at radius 1 is 0.969 bits per heavy atom. The SMILES string of the molecule is CN(C)CCCC1(c2ccc(F)cc2)OCc2cc(-c3ccc4c(ccn4C)c3)ccc21. The molecular formula is C28H29FN2O. The highest BCUT2D eigenvalue weighted by atomic mass is 19.1. The monoisotopic (exact) mass is 428 g/mol. The zero-order chi connectivity index (χ0) is 22.3. The van der Waals surface area contributed by atoms with Crippen LogP contribution in [0.25, 0.3) is 22.0 Å². The minimum atomic E-state index is -0.527. The summed E-state index contributed by atoms with van der Waals surface area (Å²) < 4.78 is 22.3. The first kappa shape index (κ1) is 20.9. The second-order valence-electron chi connectivity index (χ2n) is 9.10. The van der Waals surface area contributed by atoms with Crippen LogP contribution in [0.5, 0.6) is 0 Å². The van der Waals surface area contributed by atoms with E-state index in [4.69, 9.17) is 4.74 Å². The molecule has 0 amide bonds. The maximum Gasteiger partial charge on any atom is 0.123 e. The summed E-state index contributed by atoms with van der Waals surface area (Å²) in [6.07, 6.45) is 3.95. The van der Waals surface area contributed by atoms with Crippen LogP contribution in [-0.2, 0) is 24.0 Å². The molecule has 0 spiro atoms. The van der Waals surface area contributed by atoms with Crippen LogP contribution in [0.2, 0.25) is 0 Å². The van der Waals surface area contributed by atoms with Crippen LogP contribution >= 0.6 is 0 Å². The van der Waals surface area contributed by atoms with Crippen LogP contribution in [0, 0.1) is 5.82 Å². The van der Waals surface area contributed by atoms with Crippen LogP contribution < -0.4 is 0 Å². The van der Waals surface area contributed by atoms with E-state index in [2.05, 4.69) is 79.3 Å². The second kappa shape index (κ2) is 8.19. The molecule has 0 saturated heterocycles. The van der Waals surface area contributed by atoms with Crippen LogP contribution in [0.3, 0.4) is 0 Å². The van der Waals surface area contributed by atoms with Gasteiger partial charge in [-0.1, -0.05) is 30.3 Å². The molecule has 32 heavy (non-hydrogen) atoms. The third-order valence-corrected chi connectivity index (χ3v) is 6.68. The molecule has 4 aromatic rings. The predicted octanol–water partition coefficient (Wildman–Crippen LogP) is 6.10. The van der Waals surface area contributed by atoms with E-state index in [1.807, 2.05) is 12.1 Å². The quantitative estimate of drug-likeness (QED) is 0.369. The predicted molar refractivity (Wildman–Crippen MR) is 128 cm³/mol. The van der Waals surface area contributed by atoms with Crippen LogP contribution in [0.4, 0.5) is 4.39 Å². The first-order valence-electron chi connectivity index (χ1n) is 11.2. The summed E-state index contributed by atoms with van der Waals surface area (Å²) in [5, 5.41) is 1.24. The van der Waals surface area contributed by atoms with Crippen molar-refractivity contribution in [1.82, 2.24) is 9.47 Å². The van der Waals surface area contributed by atoms with E-state index in [0.29, 0.717) is 6.61 Å². The van der Waals surface area contributed by atoms with Gasteiger partial charge < -0.3 is 14.2 Å². The van der Waals surface area contributed by atoms with E-state index in [9.17, 15) is 4.39 Å². The third-order valence-electron chi connectivity index (χ3n) is 6.68. The molecule has 3 aromatic carbocycles. The molecule has 3 nitrogen and oxygen atoms in total. The molecule has 4 heteroatoms. The van der Waals surface area contributed by atoms with E-state index in [1.165, 1.54) is 45.3 Å². The number of aromatic nitrogens is 1. The Bertz CT molecular complexity index is 1260. The number of nitrogens with zero attached hydrogens (tertiary/aromatic N) is 2. The summed E-state index contributed by atoms with van der Waals surface area (Å²) in [6.45, 7) is 1.55. The van der Waals surface area contributed by atoms with Crippen LogP contribution in [-0.4, -0.2) is 30.1 Å². The second-order valence-corrected chi connectivity index (χ2v) is 9.10. The lowest BCUT2D eigenvalue weighted by molar-refractivity contribution is -0.0140. The minimum absolute atomic E-state index is 0.220. The Labute approximate surface area is 189 Å². The van der Waals surface area contributed by atoms with Crippen molar-refractivity contribution in [3.8, 4) is 11.1 Å². The summed E-state index contributed by atoms with van der Waals surface area (Å²) in [4.78, 5) is 2.19. The van der Waals surface area contributed by atoms with Gasteiger partial charge >= 0.3 is 0 Å². The molecule has 1 aliphatic rings. The third kappa shape index (κ3) is 3.64. The van der Waals surface area contributed by atoms with Gasteiger partial charge in [0.05, 0.1) is 6.61 Å². The average Bonchev–Trinajstić information content (AvgIpc) is 3.35. The lowest BCUT2D eigenvalue weighted by Gasteiger charge is -2.31. The zero-order valence-electron chi connectivity index (χ0n) is 18.9. The largest absolute Gasteiger partial charge is 0.361 e. The van der Waals surface area contributed by atoms with Crippen LogP contribution in [0.1, 0.15) is 29.5 Å². The zero-order valence-corrected chi connectivity index (χ0v) is 18.9. The van der Waals surface area contributed by atoms with Gasteiger partial charge in [0.1, 0.15) is 11.4 Å². The smallest absolute Gasteiger partial charge is 0.123 e. The van der Waals surface area contributed by atoms with Gasteiger partial charge in [-0.2, -0.15) is 0 Å². The Morgan fingerprint density at radius 2 is 1.72 bits per heavy atom. The van der Waals surface area contributed by atoms with E-state index in [0.717, 1.165) is 24.9 Å². The van der Waals surface area contributed by atoms with Crippen molar-refractivity contribution in [3.05, 3.63) is 95.4 Å². The maximum absolute atomic E-state index is 13.7. The van der Waals surface area contributed by atoms with E-state index in [1.54, 1.807) is 0 Å². The molecule has 1 aromatic heterocycles. The fourth-order valence-corrected chi connectivity index (χ4v) is 4.98. The molecule has 0 radical (unpaired) electrons. The first-order valence-corrected chi connectivity index (χ1v) is 11.2. The molecule has 0 aliphatic carbocycles. The summed E-state index contributed by atoms with van der Waals surface area (Å²) in [5.74, 6) is -0.220. The summed E-state index contributed by atoms with van der Waals surface area (Å²) >= 11 is 0. The Kier molecular flexibility index (Phi) is 5.36. The number of hydrogen-bond donors (Lipinski definition) is 0. The first-order chi connectivity index (χ1) is 15.5. The maximum atomic E-state index is 13.7. The molecule has 164 valence electrons. The minimum Gasteiger partial charge on any atom is -0.361 e. The van der Waals surface area contributed by atoms with Crippen LogP contribution in [0.15, 0.2) is 72.9 Å². The molecule has 0 bridgehead atoms. The molecule has 1 aliphatic heterocycles. The number of ether oxygens (including phenoxy) is 1. The molecule has 1 atom stereocenters. The standard InChI is InChI=1S/C28H29FN2O/c1-30(2)15-4-14-28(24-7-9-25(29)10-8-24)26-11-5-20(18-23(26)19-32-28)21-6-12-27-22(17-21)13-16-31(27)3/h5-13,16-18H,4,14-15,19H2,1-3H3. The Hall–Kier alpha value is -2.95. The Balaban J connectivity index is 1.54. The van der Waals surface area contributed by atoms with Gasteiger partial charge in [-0.3, -0.25) is 0 Å². The normalized spacial score (nSPS) is 17.9. The number of fused-ring (bicyclic) bond motifs is 2. The summed E-state index contributed by atoms with van der Waals surface area (Å²) in [6, 6.07) is 22.3. The van der Waals surface area contributed by atoms with Crippen molar-refractivity contribution in [2.45, 2.75) is 25.0 Å². The summed E-state index contributed by atoms with van der Waals surface area (Å²) in [7, 11) is 6.24. The van der Waals surface area contributed by atoms with E-state index < -0.39 is 5.60 Å². The molecule has 0 N–H and O–H groups in total. The molecule has 2 heterocycles. The molecule has 0 saturated carbocycles. The van der Waals surface area contributed by atoms with Crippen molar-refractivity contribution in [2.75, 3.05) is 20.6 Å². The fourth-order valence-electron chi connectivity index (χ4n) is 4.98. The molecule has 5 rings (SSSR count). The van der Waals surface area contributed by atoms with Crippen molar-refractivity contribution in [1.29, 1.82) is 0 Å². The van der Waals surface area contributed by atoms with Crippen molar-refractivity contribution in [2.24, 2.45) is 7.05 Å². The summed E-state index contributed by atoms with van der Waals surface area (Å²) in [5.41, 5.74) is 6.54. The number of hydrogen-bond acceptors (Lipinski definition) is 2. The van der Waals surface area contributed by atoms with Gasteiger partial charge in [-0.15, -0.1) is 0 Å². The van der Waals surface area contributed by atoms with Gasteiger partial charge in [0.15, 0.2) is 0 Å². The highest BCUT2D eigenvalue weighted by Gasteiger charge is 2.41. The lowest BCUT2D eigenvalue weighted by Crippen LogP contribution is -2.28. The highest BCUT2D eigenvalue weighted by Crippen LogP contribution is 2.46. The topological polar surface area (TPSA) is 17.4 Å². The number of rotatable bonds is 6. The van der Waals surface area contributed by atoms with Crippen molar-refractivity contribution >= 4 is 10.9 Å². The molecule has 0 fully saturated rings. The Morgan fingerprint density at radius 3 is 2.50 bits per heavy atom. The number of halogens is 1. The van der Waals surface area contributed by atoms with Gasteiger partial charge in [0.2, 0.25) is 0 Å². The molecule has 1 unspecified atom stereocenters. The van der Waals surface area contributed by atoms with E-state index in [-0.39, 0.29) is 5.82 Å². The molecular weight excluding hydrogens is 399 g/mol. The number of aryl methyl sites for hydroxylation is 1. The number of benzene rings is 3. The highest BCUT2D eigenvalue weighted by molar-refractivity contribution is 5.85. The van der Waals surface area contributed by atoms with E-state index >= 15 is 0 Å². The fraction of sp³-hybridized carbons (Fsp3) is 0.286.